The molecule has 146 valence electrons. The number of carbonyl (C=O) groups is 1. The molecule has 25 heavy (non-hydrogen) atoms. The van der Waals surface area contributed by atoms with Gasteiger partial charge in [-0.15, -0.1) is 0 Å². The van der Waals surface area contributed by atoms with Crippen LogP contribution in [0.15, 0.2) is 0 Å². The third-order valence-electron chi connectivity index (χ3n) is 4.88. The summed E-state index contributed by atoms with van der Waals surface area (Å²) < 4.78 is 5.29. The molecule has 0 N–H and O–H groups in total. The van der Waals surface area contributed by atoms with Gasteiger partial charge in [-0.1, -0.05) is 93.7 Å². The quantitative estimate of drug-likeness (QED) is 0.101. The highest BCUT2D eigenvalue weighted by Crippen LogP contribution is 2.28. The van der Waals surface area contributed by atoms with Crippen LogP contribution < -0.4 is 0 Å². The zero-order valence-electron chi connectivity index (χ0n) is 16.4. The number of nitrogens with zero attached hydrogens (tertiary/aromatic N) is 1. The average Bonchev–Trinajstić information content (AvgIpc) is 2.62. The van der Waals surface area contributed by atoms with E-state index in [2.05, 4.69) is 40.3 Å². The number of ether oxygens (including phenoxy) is 1. The summed E-state index contributed by atoms with van der Waals surface area (Å²) in [5.74, 6) is 0.452. The van der Waals surface area contributed by atoms with Crippen molar-refractivity contribution in [3.05, 3.63) is 0 Å². The predicted molar refractivity (Wildman–Crippen MR) is 114 cm³/mol. The minimum Gasteiger partial charge on any atom is -0.469 e. The summed E-state index contributed by atoms with van der Waals surface area (Å²) >= 11 is 2.58. The highest BCUT2D eigenvalue weighted by Gasteiger charge is 2.17. The highest BCUT2D eigenvalue weighted by atomic mass is 127. The van der Waals surface area contributed by atoms with Crippen molar-refractivity contribution in [2.75, 3.05) is 7.11 Å². The van der Waals surface area contributed by atoms with Crippen molar-refractivity contribution in [2.24, 2.45) is 5.92 Å². The molecule has 2 unspecified atom stereocenters. The summed E-state index contributed by atoms with van der Waals surface area (Å²) in [4.78, 5) is 11.0. The van der Waals surface area contributed by atoms with Gasteiger partial charge in [0.1, 0.15) is 0 Å². The molecule has 0 aromatic heterocycles. The van der Waals surface area contributed by atoms with Crippen LogP contribution in [0, 0.1) is 17.2 Å². The van der Waals surface area contributed by atoms with Crippen LogP contribution in [-0.4, -0.2) is 17.0 Å². The molecule has 2 atom stereocenters. The second-order valence-electron chi connectivity index (χ2n) is 7.08. The molecule has 0 amide bonds. The number of rotatable bonds is 17. The van der Waals surface area contributed by atoms with E-state index in [4.69, 9.17) is 5.26 Å². The second-order valence-corrected chi connectivity index (χ2v) is 8.68. The topological polar surface area (TPSA) is 50.1 Å². The first-order valence-corrected chi connectivity index (χ1v) is 11.5. The number of hydrogen-bond acceptors (Lipinski definition) is 3. The maximum absolute atomic E-state index is 11.0. The van der Waals surface area contributed by atoms with Gasteiger partial charge in [-0.2, -0.15) is 5.26 Å². The third-order valence-corrected chi connectivity index (χ3v) is 6.52. The van der Waals surface area contributed by atoms with Gasteiger partial charge >= 0.3 is 5.97 Å². The Morgan fingerprint density at radius 2 is 1.52 bits per heavy atom. The molecule has 0 rings (SSSR count). The van der Waals surface area contributed by atoms with Gasteiger partial charge in [-0.05, 0) is 25.2 Å². The lowest BCUT2D eigenvalue weighted by Gasteiger charge is -2.20. The number of carbonyl (C=O) groups excluding carboxylic acids is 1. The van der Waals surface area contributed by atoms with Gasteiger partial charge in [0.05, 0.1) is 13.2 Å². The van der Waals surface area contributed by atoms with Crippen LogP contribution in [0.5, 0.6) is 0 Å². The molecular weight excluding hydrogens is 425 g/mol. The van der Waals surface area contributed by atoms with E-state index in [1.54, 1.807) is 0 Å². The smallest absolute Gasteiger partial charge is 0.305 e. The zero-order chi connectivity index (χ0) is 18.8. The molecule has 0 fully saturated rings. The van der Waals surface area contributed by atoms with Crippen molar-refractivity contribution < 1.29 is 9.53 Å². The third kappa shape index (κ3) is 15.6. The van der Waals surface area contributed by atoms with Gasteiger partial charge in [0.25, 0.3) is 0 Å². The van der Waals surface area contributed by atoms with Gasteiger partial charge in [0.2, 0.25) is 0 Å². The van der Waals surface area contributed by atoms with Crippen LogP contribution in [0.4, 0.5) is 0 Å². The monoisotopic (exact) mass is 463 g/mol. The van der Waals surface area contributed by atoms with E-state index in [0.29, 0.717) is 22.7 Å². The Hall–Kier alpha value is -0.310. The Labute approximate surface area is 169 Å². The van der Waals surface area contributed by atoms with Crippen LogP contribution in [0.3, 0.4) is 0 Å². The Balaban J connectivity index is 3.74. The zero-order valence-corrected chi connectivity index (χ0v) is 18.6. The van der Waals surface area contributed by atoms with E-state index in [-0.39, 0.29) is 5.97 Å². The fourth-order valence-corrected chi connectivity index (χ4v) is 4.25. The van der Waals surface area contributed by atoms with Gasteiger partial charge < -0.3 is 4.74 Å². The van der Waals surface area contributed by atoms with E-state index in [0.717, 1.165) is 12.8 Å². The summed E-state index contributed by atoms with van der Waals surface area (Å²) in [7, 11) is 1.45. The van der Waals surface area contributed by atoms with Crippen molar-refractivity contribution in [3.8, 4) is 6.07 Å². The highest BCUT2D eigenvalue weighted by molar-refractivity contribution is 14.1. The first-order valence-electron chi connectivity index (χ1n) is 10.2. The molecule has 0 bridgehead atoms. The molecule has 0 heterocycles. The van der Waals surface area contributed by atoms with Crippen molar-refractivity contribution in [2.45, 2.75) is 107 Å². The second kappa shape index (κ2) is 18.5. The van der Waals surface area contributed by atoms with Crippen LogP contribution in [0.25, 0.3) is 0 Å². The van der Waals surface area contributed by atoms with Gasteiger partial charge in [0, 0.05) is 16.8 Å². The van der Waals surface area contributed by atoms with Gasteiger partial charge in [0.15, 0.2) is 0 Å². The summed E-state index contributed by atoms with van der Waals surface area (Å²) in [6.45, 7) is 2.26. The number of hydrogen-bond donors (Lipinski definition) is 0. The largest absolute Gasteiger partial charge is 0.469 e. The number of alkyl halides is 1. The van der Waals surface area contributed by atoms with Crippen LogP contribution in [0.2, 0.25) is 0 Å². The lowest BCUT2D eigenvalue weighted by molar-refractivity contribution is -0.140. The normalized spacial score (nSPS) is 13.2. The van der Waals surface area contributed by atoms with Crippen molar-refractivity contribution in [3.63, 3.8) is 0 Å². The summed E-state index contributed by atoms with van der Waals surface area (Å²) in [6.07, 6.45) is 17.4. The Kier molecular flexibility index (Phi) is 18.3. The Morgan fingerprint density at radius 3 is 2.12 bits per heavy atom. The summed E-state index contributed by atoms with van der Waals surface area (Å²) in [5.41, 5.74) is 0. The molecular formula is C21H38INO2. The van der Waals surface area contributed by atoms with Crippen molar-refractivity contribution in [1.29, 1.82) is 5.26 Å². The first kappa shape index (κ1) is 24.7. The standard InChI is InChI=1S/C21H38INO2/c1-3-4-5-6-9-12-15-20(22)19(17-18-23)14-11-8-7-10-13-16-21(24)25-2/h19-20H,3-17H2,1-2H3. The molecule has 0 radical (unpaired) electrons. The fourth-order valence-electron chi connectivity index (χ4n) is 3.19. The maximum Gasteiger partial charge on any atom is 0.305 e. The number of unbranched alkanes of at least 4 members (excludes halogenated alkanes) is 9. The molecule has 0 saturated carbocycles. The molecule has 0 aliphatic rings. The van der Waals surface area contributed by atoms with Crippen LogP contribution in [-0.2, 0) is 9.53 Å². The van der Waals surface area contributed by atoms with Crippen LogP contribution >= 0.6 is 22.6 Å². The number of methoxy groups -OCH3 is 1. The van der Waals surface area contributed by atoms with Crippen molar-refractivity contribution in [1.82, 2.24) is 0 Å². The molecule has 4 heteroatoms. The van der Waals surface area contributed by atoms with E-state index < -0.39 is 0 Å². The lowest BCUT2D eigenvalue weighted by Crippen LogP contribution is -2.14. The van der Waals surface area contributed by atoms with E-state index in [1.807, 2.05) is 0 Å². The number of nitriles is 1. The Bertz CT molecular complexity index is 354. The van der Waals surface area contributed by atoms with Crippen molar-refractivity contribution >= 4 is 28.6 Å². The average molecular weight is 463 g/mol. The maximum atomic E-state index is 11.0. The van der Waals surface area contributed by atoms with E-state index in [9.17, 15) is 4.79 Å². The minimum atomic E-state index is -0.100. The fraction of sp³-hybridized carbons (Fsp3) is 0.905. The summed E-state index contributed by atoms with van der Waals surface area (Å²) in [5, 5.41) is 9.11. The molecule has 0 aromatic rings. The van der Waals surface area contributed by atoms with Crippen LogP contribution in [0.1, 0.15) is 103 Å². The molecule has 0 aliphatic heterocycles. The Morgan fingerprint density at radius 1 is 0.960 bits per heavy atom. The first-order chi connectivity index (χ1) is 12.2. The minimum absolute atomic E-state index is 0.100. The predicted octanol–water partition coefficient (Wildman–Crippen LogP) is 6.97. The molecule has 0 spiro atoms. The number of esters is 1. The summed E-state index contributed by atoms with van der Waals surface area (Å²) in [6, 6.07) is 2.39. The molecule has 0 saturated heterocycles. The molecule has 0 aliphatic carbocycles. The lowest BCUT2D eigenvalue weighted by atomic mass is 9.92. The van der Waals surface area contributed by atoms with E-state index in [1.165, 1.54) is 77.7 Å². The molecule has 0 aromatic carbocycles. The van der Waals surface area contributed by atoms with E-state index >= 15 is 0 Å². The van der Waals surface area contributed by atoms with Gasteiger partial charge in [-0.25, -0.2) is 0 Å². The molecule has 3 nitrogen and oxygen atoms in total. The van der Waals surface area contributed by atoms with Gasteiger partial charge in [-0.3, -0.25) is 4.79 Å². The SMILES string of the molecule is CCCCCCCCC(I)C(CC#N)CCCCCCCC(=O)OC. The number of halogens is 1.